The van der Waals surface area contributed by atoms with Gasteiger partial charge < -0.3 is 9.72 Å². The summed E-state index contributed by atoms with van der Waals surface area (Å²) in [7, 11) is 0. The standard InChI is InChI=1S/C15H18N2O2S/c1-3-13-12(14(18)17-15(20)16-13)9-10-6-5-7-11(8-10)19-4-2/h5-8H,3-4,9H2,1-2H3,(H2,16,17,18,20). The fourth-order valence-corrected chi connectivity index (χ4v) is 2.38. The third-order valence-corrected chi connectivity index (χ3v) is 3.28. The molecule has 1 aromatic heterocycles. The van der Waals surface area contributed by atoms with Crippen molar-refractivity contribution in [3.8, 4) is 5.75 Å². The van der Waals surface area contributed by atoms with Gasteiger partial charge in [0.1, 0.15) is 5.75 Å². The zero-order chi connectivity index (χ0) is 14.5. The summed E-state index contributed by atoms with van der Waals surface area (Å²) >= 11 is 5.00. The van der Waals surface area contributed by atoms with E-state index < -0.39 is 0 Å². The van der Waals surface area contributed by atoms with E-state index in [1.807, 2.05) is 38.1 Å². The van der Waals surface area contributed by atoms with Gasteiger partial charge in [0.05, 0.1) is 6.61 Å². The van der Waals surface area contributed by atoms with E-state index in [0.717, 1.165) is 29.0 Å². The first-order valence-corrected chi connectivity index (χ1v) is 7.11. The molecular weight excluding hydrogens is 272 g/mol. The molecule has 0 fully saturated rings. The van der Waals surface area contributed by atoms with Crippen molar-refractivity contribution in [3.63, 3.8) is 0 Å². The molecule has 0 unspecified atom stereocenters. The minimum atomic E-state index is -0.118. The van der Waals surface area contributed by atoms with Gasteiger partial charge in [-0.1, -0.05) is 19.1 Å². The topological polar surface area (TPSA) is 57.9 Å². The summed E-state index contributed by atoms with van der Waals surface area (Å²) in [5.74, 6) is 0.823. The van der Waals surface area contributed by atoms with E-state index in [1.165, 1.54) is 0 Å². The van der Waals surface area contributed by atoms with Gasteiger partial charge in [-0.3, -0.25) is 9.78 Å². The third kappa shape index (κ3) is 3.36. The van der Waals surface area contributed by atoms with Crippen LogP contribution in [0.3, 0.4) is 0 Å². The van der Waals surface area contributed by atoms with Gasteiger partial charge in [0, 0.05) is 17.7 Å². The molecule has 2 aromatic rings. The highest BCUT2D eigenvalue weighted by atomic mass is 32.1. The lowest BCUT2D eigenvalue weighted by Gasteiger charge is -2.09. The van der Waals surface area contributed by atoms with Crippen molar-refractivity contribution in [2.24, 2.45) is 0 Å². The van der Waals surface area contributed by atoms with Gasteiger partial charge >= 0.3 is 0 Å². The molecular formula is C15H18N2O2S. The maximum atomic E-state index is 12.1. The highest BCUT2D eigenvalue weighted by Crippen LogP contribution is 2.16. The van der Waals surface area contributed by atoms with Crippen molar-refractivity contribution >= 4 is 12.2 Å². The molecule has 4 nitrogen and oxygen atoms in total. The summed E-state index contributed by atoms with van der Waals surface area (Å²) < 4.78 is 5.85. The molecule has 0 aliphatic carbocycles. The fourth-order valence-electron chi connectivity index (χ4n) is 2.16. The van der Waals surface area contributed by atoms with Gasteiger partial charge in [0.15, 0.2) is 4.77 Å². The Morgan fingerprint density at radius 3 is 2.75 bits per heavy atom. The highest BCUT2D eigenvalue weighted by Gasteiger charge is 2.08. The van der Waals surface area contributed by atoms with Crippen LogP contribution in [0.4, 0.5) is 0 Å². The Morgan fingerprint density at radius 1 is 1.25 bits per heavy atom. The van der Waals surface area contributed by atoms with Crippen molar-refractivity contribution in [2.75, 3.05) is 6.61 Å². The largest absolute Gasteiger partial charge is 0.494 e. The van der Waals surface area contributed by atoms with Crippen LogP contribution in [-0.4, -0.2) is 16.6 Å². The number of aromatic amines is 2. The van der Waals surface area contributed by atoms with Gasteiger partial charge in [-0.2, -0.15) is 0 Å². The van der Waals surface area contributed by atoms with Crippen molar-refractivity contribution < 1.29 is 4.74 Å². The Hall–Kier alpha value is -1.88. The van der Waals surface area contributed by atoms with Crippen LogP contribution in [-0.2, 0) is 12.8 Å². The summed E-state index contributed by atoms with van der Waals surface area (Å²) in [5.41, 5.74) is 2.55. The molecule has 5 heteroatoms. The lowest BCUT2D eigenvalue weighted by Crippen LogP contribution is -2.18. The van der Waals surface area contributed by atoms with Crippen LogP contribution >= 0.6 is 12.2 Å². The number of hydrogen-bond donors (Lipinski definition) is 2. The van der Waals surface area contributed by atoms with Crippen LogP contribution in [0.5, 0.6) is 5.75 Å². The van der Waals surface area contributed by atoms with Gasteiger partial charge in [-0.15, -0.1) is 0 Å². The van der Waals surface area contributed by atoms with Crippen molar-refractivity contribution in [1.82, 2.24) is 9.97 Å². The third-order valence-electron chi connectivity index (χ3n) is 3.07. The van der Waals surface area contributed by atoms with E-state index >= 15 is 0 Å². The lowest BCUT2D eigenvalue weighted by atomic mass is 10.0. The van der Waals surface area contributed by atoms with Crippen molar-refractivity contribution in [2.45, 2.75) is 26.7 Å². The maximum absolute atomic E-state index is 12.1. The molecule has 0 spiro atoms. The molecule has 0 atom stereocenters. The quantitative estimate of drug-likeness (QED) is 0.832. The molecule has 2 N–H and O–H groups in total. The monoisotopic (exact) mass is 290 g/mol. The normalized spacial score (nSPS) is 10.5. The first kappa shape index (κ1) is 14.5. The summed E-state index contributed by atoms with van der Waals surface area (Å²) in [6, 6.07) is 7.80. The zero-order valence-corrected chi connectivity index (χ0v) is 12.5. The van der Waals surface area contributed by atoms with E-state index in [-0.39, 0.29) is 5.56 Å². The van der Waals surface area contributed by atoms with Crippen LogP contribution in [0.15, 0.2) is 29.1 Å². The first-order valence-electron chi connectivity index (χ1n) is 6.70. The first-order chi connectivity index (χ1) is 9.63. The van der Waals surface area contributed by atoms with Crippen LogP contribution in [0.2, 0.25) is 0 Å². The van der Waals surface area contributed by atoms with Gasteiger partial charge in [-0.25, -0.2) is 0 Å². The molecule has 0 aliphatic rings. The van der Waals surface area contributed by atoms with Gasteiger partial charge in [-0.05, 0) is 43.3 Å². The second-order valence-electron chi connectivity index (χ2n) is 4.48. The van der Waals surface area contributed by atoms with Crippen LogP contribution in [0.1, 0.15) is 30.7 Å². The Balaban J connectivity index is 2.37. The number of H-pyrrole nitrogens is 2. The summed E-state index contributed by atoms with van der Waals surface area (Å²) in [4.78, 5) is 17.8. The summed E-state index contributed by atoms with van der Waals surface area (Å²) in [6.07, 6.45) is 1.31. The molecule has 2 rings (SSSR count). The van der Waals surface area contributed by atoms with Crippen LogP contribution in [0, 0.1) is 4.77 Å². The van der Waals surface area contributed by atoms with E-state index in [1.54, 1.807) is 0 Å². The van der Waals surface area contributed by atoms with E-state index in [0.29, 0.717) is 17.8 Å². The molecule has 0 saturated carbocycles. The molecule has 1 aromatic carbocycles. The number of aromatic nitrogens is 2. The van der Waals surface area contributed by atoms with E-state index in [9.17, 15) is 4.79 Å². The SMILES string of the molecule is CCOc1cccc(Cc2c(CC)[nH]c(=S)[nH]c2=O)c1. The Kier molecular flexibility index (Phi) is 4.74. The average Bonchev–Trinajstić information content (AvgIpc) is 2.42. The molecule has 0 aliphatic heterocycles. The van der Waals surface area contributed by atoms with Crippen LogP contribution < -0.4 is 10.3 Å². The van der Waals surface area contributed by atoms with E-state index in [2.05, 4.69) is 9.97 Å². The van der Waals surface area contributed by atoms with Gasteiger partial charge in [0.2, 0.25) is 0 Å². The molecule has 0 bridgehead atoms. The lowest BCUT2D eigenvalue weighted by molar-refractivity contribution is 0.340. The average molecular weight is 290 g/mol. The second-order valence-corrected chi connectivity index (χ2v) is 4.88. The Labute approximate surface area is 122 Å². The molecule has 0 amide bonds. The number of aryl methyl sites for hydroxylation is 1. The fraction of sp³-hybridized carbons (Fsp3) is 0.333. The zero-order valence-electron chi connectivity index (χ0n) is 11.7. The number of hydrogen-bond acceptors (Lipinski definition) is 3. The molecule has 20 heavy (non-hydrogen) atoms. The Bertz CT molecular complexity index is 704. The Morgan fingerprint density at radius 2 is 2.05 bits per heavy atom. The minimum Gasteiger partial charge on any atom is -0.494 e. The van der Waals surface area contributed by atoms with Gasteiger partial charge in [0.25, 0.3) is 5.56 Å². The number of nitrogens with one attached hydrogen (secondary N) is 2. The molecule has 1 heterocycles. The van der Waals surface area contributed by atoms with Crippen molar-refractivity contribution in [1.29, 1.82) is 0 Å². The number of ether oxygens (including phenoxy) is 1. The molecule has 106 valence electrons. The maximum Gasteiger partial charge on any atom is 0.255 e. The minimum absolute atomic E-state index is 0.118. The molecule has 0 radical (unpaired) electrons. The number of benzene rings is 1. The predicted molar refractivity (Wildman–Crippen MR) is 82.0 cm³/mol. The summed E-state index contributed by atoms with van der Waals surface area (Å²) in [6.45, 7) is 4.58. The highest BCUT2D eigenvalue weighted by molar-refractivity contribution is 7.71. The van der Waals surface area contributed by atoms with Crippen LogP contribution in [0.25, 0.3) is 0 Å². The van der Waals surface area contributed by atoms with Crippen molar-refractivity contribution in [3.05, 3.63) is 56.2 Å². The molecule has 0 saturated heterocycles. The summed E-state index contributed by atoms with van der Waals surface area (Å²) in [5, 5.41) is 0. The smallest absolute Gasteiger partial charge is 0.255 e. The number of rotatable bonds is 5. The second kappa shape index (κ2) is 6.52. The predicted octanol–water partition coefficient (Wildman–Crippen LogP) is 2.98. The van der Waals surface area contributed by atoms with E-state index in [4.69, 9.17) is 17.0 Å².